The number of para-hydroxylation sites is 1. The molecule has 0 unspecified atom stereocenters. The van der Waals surface area contributed by atoms with Gasteiger partial charge in [-0.05, 0) is 52.6 Å². The molecule has 1 atom stereocenters. The number of ether oxygens (including phenoxy) is 3. The molecule has 1 amide bonds. The summed E-state index contributed by atoms with van der Waals surface area (Å²) in [6.45, 7) is 1.11. The van der Waals surface area contributed by atoms with Crippen LogP contribution in [0.2, 0.25) is 0 Å². The van der Waals surface area contributed by atoms with Crippen molar-refractivity contribution in [1.29, 1.82) is 0 Å². The molecule has 0 bridgehead atoms. The van der Waals surface area contributed by atoms with E-state index < -0.39 is 0 Å². The molecule has 0 spiro atoms. The number of hydrogen-bond acceptors (Lipinski definition) is 4. The van der Waals surface area contributed by atoms with Crippen LogP contribution in [0.25, 0.3) is 10.9 Å². The van der Waals surface area contributed by atoms with Crippen LogP contribution in [0.15, 0.2) is 103 Å². The Hall–Kier alpha value is -4.71. The van der Waals surface area contributed by atoms with Crippen LogP contribution in [0.3, 0.4) is 0 Å². The Morgan fingerprint density at radius 3 is 2.28 bits per heavy atom. The second kappa shape index (κ2) is 11.8. The van der Waals surface area contributed by atoms with E-state index in [0.717, 1.165) is 38.9 Å². The van der Waals surface area contributed by atoms with Crippen molar-refractivity contribution >= 4 is 16.8 Å². The third-order valence-corrected chi connectivity index (χ3v) is 6.94. The molecule has 6 nitrogen and oxygen atoms in total. The van der Waals surface area contributed by atoms with E-state index >= 15 is 0 Å². The Bertz CT molecular complexity index is 1560. The number of methoxy groups -OCH3 is 2. The summed E-state index contributed by atoms with van der Waals surface area (Å²) in [6.07, 6.45) is 2.30. The molecule has 0 aliphatic heterocycles. The van der Waals surface area contributed by atoms with Gasteiger partial charge in [0, 0.05) is 36.0 Å². The predicted molar refractivity (Wildman–Crippen MR) is 153 cm³/mol. The second-order valence-corrected chi connectivity index (χ2v) is 9.49. The highest BCUT2D eigenvalue weighted by Crippen LogP contribution is 2.39. The van der Waals surface area contributed by atoms with Crippen molar-refractivity contribution in [3.05, 3.63) is 126 Å². The van der Waals surface area contributed by atoms with Crippen molar-refractivity contribution in [2.24, 2.45) is 5.73 Å². The largest absolute Gasteiger partial charge is 0.497 e. The van der Waals surface area contributed by atoms with Crippen LogP contribution in [0, 0.1) is 0 Å². The molecule has 5 aromatic rings. The fourth-order valence-electron chi connectivity index (χ4n) is 4.98. The van der Waals surface area contributed by atoms with Crippen LogP contribution in [0.5, 0.6) is 17.2 Å². The van der Waals surface area contributed by atoms with E-state index in [1.54, 1.807) is 14.2 Å². The van der Waals surface area contributed by atoms with Gasteiger partial charge in [0.25, 0.3) is 0 Å². The Balaban J connectivity index is 1.50. The highest BCUT2D eigenvalue weighted by Gasteiger charge is 2.23. The summed E-state index contributed by atoms with van der Waals surface area (Å²) >= 11 is 0. The van der Waals surface area contributed by atoms with Gasteiger partial charge >= 0.3 is 0 Å². The lowest BCUT2D eigenvalue weighted by atomic mass is 9.88. The standard InChI is InChI=1S/C33H32N2O4/c1-37-26-15-12-23(13-16-26)20-35-21-29(27-10-6-7-11-30(27)35)28(19-33(34)36)25-14-17-31(32(18-25)38-2)39-22-24-8-4-3-5-9-24/h3-18,21,28H,19-20,22H2,1-2H3,(H2,34,36)/t28-/m1/s1. The third-order valence-electron chi connectivity index (χ3n) is 6.94. The van der Waals surface area contributed by atoms with Gasteiger partial charge in [0.15, 0.2) is 11.5 Å². The highest BCUT2D eigenvalue weighted by molar-refractivity contribution is 5.86. The molecule has 0 aliphatic rings. The zero-order valence-electron chi connectivity index (χ0n) is 22.2. The molecule has 1 aromatic heterocycles. The van der Waals surface area contributed by atoms with Crippen LogP contribution < -0.4 is 19.9 Å². The number of hydrogen-bond donors (Lipinski definition) is 1. The summed E-state index contributed by atoms with van der Waals surface area (Å²) in [4.78, 5) is 12.3. The summed E-state index contributed by atoms with van der Waals surface area (Å²) in [5.41, 5.74) is 11.1. The van der Waals surface area contributed by atoms with Gasteiger partial charge in [-0.15, -0.1) is 0 Å². The fourth-order valence-corrected chi connectivity index (χ4v) is 4.98. The predicted octanol–water partition coefficient (Wildman–Crippen LogP) is 6.29. The van der Waals surface area contributed by atoms with Gasteiger partial charge in [-0.3, -0.25) is 4.79 Å². The average Bonchev–Trinajstić information content (AvgIpc) is 3.33. The smallest absolute Gasteiger partial charge is 0.218 e. The summed E-state index contributed by atoms with van der Waals surface area (Å²) in [7, 11) is 3.29. The number of nitrogens with zero attached hydrogens (tertiary/aromatic N) is 1. The van der Waals surface area contributed by atoms with Gasteiger partial charge in [0.1, 0.15) is 12.4 Å². The number of carbonyl (C=O) groups is 1. The monoisotopic (exact) mass is 520 g/mol. The van der Waals surface area contributed by atoms with Crippen molar-refractivity contribution in [1.82, 2.24) is 4.57 Å². The summed E-state index contributed by atoms with van der Waals surface area (Å²) < 4.78 is 19.3. The zero-order valence-corrected chi connectivity index (χ0v) is 22.2. The Morgan fingerprint density at radius 1 is 0.821 bits per heavy atom. The van der Waals surface area contributed by atoms with Gasteiger partial charge in [-0.1, -0.05) is 66.7 Å². The van der Waals surface area contributed by atoms with E-state index in [1.807, 2.05) is 72.8 Å². The molecule has 5 rings (SSSR count). The number of amides is 1. The van der Waals surface area contributed by atoms with Crippen LogP contribution >= 0.6 is 0 Å². The van der Waals surface area contributed by atoms with Crippen molar-refractivity contribution in [2.45, 2.75) is 25.5 Å². The molecule has 6 heteroatoms. The molecule has 0 fully saturated rings. The van der Waals surface area contributed by atoms with E-state index in [0.29, 0.717) is 24.7 Å². The molecule has 1 heterocycles. The maximum atomic E-state index is 12.3. The lowest BCUT2D eigenvalue weighted by Crippen LogP contribution is -2.16. The quantitative estimate of drug-likeness (QED) is 0.222. The van der Waals surface area contributed by atoms with E-state index in [2.05, 4.69) is 35.0 Å². The Morgan fingerprint density at radius 2 is 1.56 bits per heavy atom. The van der Waals surface area contributed by atoms with E-state index in [4.69, 9.17) is 19.9 Å². The number of aromatic nitrogens is 1. The molecular weight excluding hydrogens is 488 g/mol. The molecule has 198 valence electrons. The lowest BCUT2D eigenvalue weighted by Gasteiger charge is -2.18. The molecule has 0 saturated carbocycles. The van der Waals surface area contributed by atoms with Gasteiger partial charge in [-0.2, -0.15) is 0 Å². The van der Waals surface area contributed by atoms with E-state index in [-0.39, 0.29) is 18.2 Å². The van der Waals surface area contributed by atoms with Crippen LogP contribution in [-0.4, -0.2) is 24.7 Å². The number of rotatable bonds is 11. The molecule has 4 aromatic carbocycles. The first kappa shape index (κ1) is 25.9. The number of carbonyl (C=O) groups excluding carboxylic acids is 1. The van der Waals surface area contributed by atoms with E-state index in [9.17, 15) is 4.79 Å². The molecule has 2 N–H and O–H groups in total. The minimum Gasteiger partial charge on any atom is -0.497 e. The van der Waals surface area contributed by atoms with Crippen molar-refractivity contribution < 1.29 is 19.0 Å². The van der Waals surface area contributed by atoms with Crippen molar-refractivity contribution in [3.63, 3.8) is 0 Å². The maximum Gasteiger partial charge on any atom is 0.218 e. The first-order valence-electron chi connectivity index (χ1n) is 12.9. The number of benzene rings is 4. The minimum absolute atomic E-state index is 0.171. The van der Waals surface area contributed by atoms with Crippen LogP contribution in [-0.2, 0) is 17.9 Å². The van der Waals surface area contributed by atoms with Crippen molar-refractivity contribution in [2.75, 3.05) is 14.2 Å². The molecular formula is C33H32N2O4. The normalized spacial score (nSPS) is 11.7. The highest BCUT2D eigenvalue weighted by atomic mass is 16.5. The Labute approximate surface area is 228 Å². The topological polar surface area (TPSA) is 75.7 Å². The van der Waals surface area contributed by atoms with Gasteiger partial charge in [-0.25, -0.2) is 0 Å². The molecule has 0 saturated heterocycles. The SMILES string of the molecule is COc1ccc(Cn2cc([C@H](CC(N)=O)c3ccc(OCc4ccccc4)c(OC)c3)c3ccccc32)cc1. The lowest BCUT2D eigenvalue weighted by molar-refractivity contribution is -0.118. The molecule has 39 heavy (non-hydrogen) atoms. The fraction of sp³-hybridized carbons (Fsp3) is 0.182. The maximum absolute atomic E-state index is 12.3. The first-order chi connectivity index (χ1) is 19.1. The number of fused-ring (bicyclic) bond motifs is 1. The Kier molecular flexibility index (Phi) is 7.83. The van der Waals surface area contributed by atoms with E-state index in [1.165, 1.54) is 0 Å². The summed E-state index contributed by atoms with van der Waals surface area (Å²) in [5.74, 6) is 1.46. The van der Waals surface area contributed by atoms with Gasteiger partial charge in [0.2, 0.25) is 5.91 Å². The van der Waals surface area contributed by atoms with Gasteiger partial charge < -0.3 is 24.5 Å². The molecule has 0 aliphatic carbocycles. The third kappa shape index (κ3) is 5.91. The molecule has 0 radical (unpaired) electrons. The van der Waals surface area contributed by atoms with Gasteiger partial charge in [0.05, 0.1) is 14.2 Å². The number of nitrogens with two attached hydrogens (primary N) is 1. The summed E-state index contributed by atoms with van der Waals surface area (Å²) in [6, 6.07) is 32.1. The van der Waals surface area contributed by atoms with Crippen LogP contribution in [0.1, 0.15) is 34.6 Å². The zero-order chi connectivity index (χ0) is 27.2. The first-order valence-corrected chi connectivity index (χ1v) is 12.9. The average molecular weight is 521 g/mol. The number of primary amides is 1. The van der Waals surface area contributed by atoms with Crippen molar-refractivity contribution in [3.8, 4) is 17.2 Å². The second-order valence-electron chi connectivity index (χ2n) is 9.49. The summed E-state index contributed by atoms with van der Waals surface area (Å²) in [5, 5.41) is 1.08. The van der Waals surface area contributed by atoms with Crippen LogP contribution in [0.4, 0.5) is 0 Å². The minimum atomic E-state index is -0.365.